The lowest BCUT2D eigenvalue weighted by molar-refractivity contribution is 0.0574. The van der Waals surface area contributed by atoms with Gasteiger partial charge < -0.3 is 10.6 Å². The Bertz CT molecular complexity index is 443. The van der Waals surface area contributed by atoms with Gasteiger partial charge in [-0.3, -0.25) is 4.79 Å². The topological polar surface area (TPSA) is 59.2 Å². The summed E-state index contributed by atoms with van der Waals surface area (Å²) < 4.78 is 0. The fourth-order valence-electron chi connectivity index (χ4n) is 2.38. The van der Waals surface area contributed by atoms with Crippen LogP contribution in [0.25, 0.3) is 0 Å². The van der Waals surface area contributed by atoms with E-state index in [1.165, 1.54) is 6.42 Å². The molecule has 1 amide bonds. The largest absolute Gasteiger partial charge is 0.384 e. The first-order valence-electron chi connectivity index (χ1n) is 6.21. The lowest BCUT2D eigenvalue weighted by atomic mass is 9.94. The SMILES string of the molecule is CC1CCC(C)N(C(=O)c2cc(N)nc(Cl)c2)C1. The molecule has 2 unspecified atom stereocenters. The number of carbonyl (C=O) groups excluding carboxylic acids is 1. The van der Waals surface area contributed by atoms with Crippen LogP contribution in [0, 0.1) is 5.92 Å². The molecule has 5 heteroatoms. The number of likely N-dealkylation sites (tertiary alicyclic amines) is 1. The molecule has 0 saturated carbocycles. The van der Waals surface area contributed by atoms with Gasteiger partial charge in [0.15, 0.2) is 0 Å². The summed E-state index contributed by atoms with van der Waals surface area (Å²) in [7, 11) is 0. The van der Waals surface area contributed by atoms with Crippen LogP contribution in [0.4, 0.5) is 5.82 Å². The first kappa shape index (κ1) is 13.1. The second-order valence-electron chi connectivity index (χ2n) is 5.09. The molecule has 1 saturated heterocycles. The lowest BCUT2D eigenvalue weighted by Gasteiger charge is -2.36. The second kappa shape index (κ2) is 5.14. The van der Waals surface area contributed by atoms with E-state index in [-0.39, 0.29) is 22.9 Å². The minimum Gasteiger partial charge on any atom is -0.384 e. The van der Waals surface area contributed by atoms with Crippen molar-refractivity contribution in [1.82, 2.24) is 9.88 Å². The number of piperidine rings is 1. The minimum absolute atomic E-state index is 0.00921. The zero-order chi connectivity index (χ0) is 13.3. The van der Waals surface area contributed by atoms with Gasteiger partial charge in [0, 0.05) is 18.2 Å². The van der Waals surface area contributed by atoms with Crippen molar-refractivity contribution in [3.05, 3.63) is 22.8 Å². The fourth-order valence-corrected chi connectivity index (χ4v) is 2.59. The summed E-state index contributed by atoms with van der Waals surface area (Å²) in [5.41, 5.74) is 6.14. The summed E-state index contributed by atoms with van der Waals surface area (Å²) in [6, 6.07) is 3.42. The smallest absolute Gasteiger partial charge is 0.254 e. The van der Waals surface area contributed by atoms with E-state index >= 15 is 0 Å². The van der Waals surface area contributed by atoms with Crippen LogP contribution in [-0.2, 0) is 0 Å². The van der Waals surface area contributed by atoms with Gasteiger partial charge in [-0.05, 0) is 37.8 Å². The van der Waals surface area contributed by atoms with Gasteiger partial charge in [0.1, 0.15) is 11.0 Å². The summed E-state index contributed by atoms with van der Waals surface area (Å²) in [5, 5.41) is 0.260. The number of amides is 1. The lowest BCUT2D eigenvalue weighted by Crippen LogP contribution is -2.44. The fraction of sp³-hybridized carbons (Fsp3) is 0.538. The van der Waals surface area contributed by atoms with Crippen LogP contribution in [-0.4, -0.2) is 28.4 Å². The molecule has 18 heavy (non-hydrogen) atoms. The third kappa shape index (κ3) is 2.75. The normalized spacial score (nSPS) is 24.1. The Morgan fingerprint density at radius 2 is 2.17 bits per heavy atom. The number of aromatic nitrogens is 1. The highest BCUT2D eigenvalue weighted by atomic mass is 35.5. The van der Waals surface area contributed by atoms with Crippen molar-refractivity contribution in [2.75, 3.05) is 12.3 Å². The molecule has 1 aromatic rings. The standard InChI is InChI=1S/C13H18ClN3O/c1-8-3-4-9(2)17(7-8)13(18)10-5-11(14)16-12(15)6-10/h5-6,8-9H,3-4,7H2,1-2H3,(H2,15,16). The monoisotopic (exact) mass is 267 g/mol. The van der Waals surface area contributed by atoms with E-state index in [1.807, 2.05) is 4.90 Å². The molecule has 1 aliphatic rings. The number of carbonyl (C=O) groups is 1. The maximum atomic E-state index is 12.4. The molecule has 98 valence electrons. The van der Waals surface area contributed by atoms with Crippen LogP contribution in [0.1, 0.15) is 37.0 Å². The van der Waals surface area contributed by atoms with Gasteiger partial charge >= 0.3 is 0 Å². The minimum atomic E-state index is -0.00921. The quantitative estimate of drug-likeness (QED) is 0.796. The number of pyridine rings is 1. The predicted octanol–water partition coefficient (Wildman–Crippen LogP) is 2.58. The number of halogens is 1. The second-order valence-corrected chi connectivity index (χ2v) is 5.48. The number of nitrogen functional groups attached to an aromatic ring is 1. The number of nitrogens with two attached hydrogens (primary N) is 1. The molecular formula is C13H18ClN3O. The summed E-state index contributed by atoms with van der Waals surface area (Å²) >= 11 is 5.84. The Kier molecular flexibility index (Phi) is 3.76. The van der Waals surface area contributed by atoms with E-state index in [9.17, 15) is 4.79 Å². The van der Waals surface area contributed by atoms with Crippen LogP contribution in [0.3, 0.4) is 0 Å². The van der Waals surface area contributed by atoms with Crippen molar-refractivity contribution in [2.45, 2.75) is 32.7 Å². The van der Waals surface area contributed by atoms with Crippen LogP contribution in [0.15, 0.2) is 12.1 Å². The van der Waals surface area contributed by atoms with E-state index in [0.717, 1.165) is 13.0 Å². The zero-order valence-electron chi connectivity index (χ0n) is 10.7. The third-order valence-corrected chi connectivity index (χ3v) is 3.63. The number of hydrogen-bond donors (Lipinski definition) is 1. The molecule has 0 bridgehead atoms. The third-order valence-electron chi connectivity index (χ3n) is 3.44. The van der Waals surface area contributed by atoms with Crippen LogP contribution in [0.5, 0.6) is 0 Å². The van der Waals surface area contributed by atoms with E-state index in [4.69, 9.17) is 17.3 Å². The van der Waals surface area contributed by atoms with E-state index < -0.39 is 0 Å². The summed E-state index contributed by atoms with van der Waals surface area (Å²) in [6.07, 6.45) is 2.21. The molecule has 1 aliphatic heterocycles. The number of nitrogens with zero attached hydrogens (tertiary/aromatic N) is 2. The Labute approximate surface area is 112 Å². The molecule has 2 heterocycles. The molecule has 4 nitrogen and oxygen atoms in total. The van der Waals surface area contributed by atoms with Gasteiger partial charge in [0.2, 0.25) is 0 Å². The zero-order valence-corrected chi connectivity index (χ0v) is 11.4. The highest BCUT2D eigenvalue weighted by molar-refractivity contribution is 6.29. The maximum Gasteiger partial charge on any atom is 0.254 e. The van der Waals surface area contributed by atoms with Gasteiger partial charge in [0.25, 0.3) is 5.91 Å². The van der Waals surface area contributed by atoms with Crippen LogP contribution in [0.2, 0.25) is 5.15 Å². The maximum absolute atomic E-state index is 12.4. The van der Waals surface area contributed by atoms with E-state index in [0.29, 0.717) is 11.5 Å². The first-order chi connectivity index (χ1) is 8.47. The Balaban J connectivity index is 2.24. The molecule has 0 aliphatic carbocycles. The van der Waals surface area contributed by atoms with Gasteiger partial charge in [-0.2, -0.15) is 0 Å². The Hall–Kier alpha value is -1.29. The average Bonchev–Trinajstić information content (AvgIpc) is 2.30. The molecule has 2 N–H and O–H groups in total. The highest BCUT2D eigenvalue weighted by Crippen LogP contribution is 2.24. The van der Waals surface area contributed by atoms with Crippen molar-refractivity contribution in [3.63, 3.8) is 0 Å². The summed E-state index contributed by atoms with van der Waals surface area (Å²) in [4.78, 5) is 18.2. The van der Waals surface area contributed by atoms with Crippen molar-refractivity contribution >= 4 is 23.3 Å². The molecule has 1 fully saturated rings. The number of anilines is 1. The molecule has 0 aromatic carbocycles. The number of hydrogen-bond acceptors (Lipinski definition) is 3. The van der Waals surface area contributed by atoms with Crippen molar-refractivity contribution in [1.29, 1.82) is 0 Å². The van der Waals surface area contributed by atoms with Gasteiger partial charge in [-0.25, -0.2) is 4.98 Å². The van der Waals surface area contributed by atoms with E-state index in [2.05, 4.69) is 18.8 Å². The van der Waals surface area contributed by atoms with E-state index in [1.54, 1.807) is 12.1 Å². The predicted molar refractivity (Wildman–Crippen MR) is 72.6 cm³/mol. The highest BCUT2D eigenvalue weighted by Gasteiger charge is 2.27. The van der Waals surface area contributed by atoms with Crippen LogP contribution < -0.4 is 5.73 Å². The van der Waals surface area contributed by atoms with Gasteiger partial charge in [-0.1, -0.05) is 18.5 Å². The van der Waals surface area contributed by atoms with Crippen LogP contribution >= 0.6 is 11.6 Å². The number of rotatable bonds is 1. The molecule has 1 aromatic heterocycles. The summed E-state index contributed by atoms with van der Waals surface area (Å²) in [6.45, 7) is 5.04. The van der Waals surface area contributed by atoms with Crippen molar-refractivity contribution < 1.29 is 4.79 Å². The van der Waals surface area contributed by atoms with Gasteiger partial charge in [0.05, 0.1) is 0 Å². The molecule has 2 atom stereocenters. The first-order valence-corrected chi connectivity index (χ1v) is 6.59. The molecule has 2 rings (SSSR count). The molecular weight excluding hydrogens is 250 g/mol. The van der Waals surface area contributed by atoms with Crippen molar-refractivity contribution in [3.8, 4) is 0 Å². The van der Waals surface area contributed by atoms with Crippen molar-refractivity contribution in [2.24, 2.45) is 5.92 Å². The summed E-state index contributed by atoms with van der Waals surface area (Å²) in [5.74, 6) is 0.813. The average molecular weight is 268 g/mol. The Morgan fingerprint density at radius 3 is 2.83 bits per heavy atom. The Morgan fingerprint density at radius 1 is 1.44 bits per heavy atom. The van der Waals surface area contributed by atoms with Gasteiger partial charge in [-0.15, -0.1) is 0 Å². The molecule has 0 radical (unpaired) electrons. The molecule has 0 spiro atoms.